The van der Waals surface area contributed by atoms with Crippen LogP contribution in [0.5, 0.6) is 0 Å². The minimum absolute atomic E-state index is 0.246. The third kappa shape index (κ3) is 2.08. The Morgan fingerprint density at radius 2 is 1.44 bits per heavy atom. The van der Waals surface area contributed by atoms with Crippen molar-refractivity contribution in [1.82, 2.24) is 0 Å². The lowest BCUT2D eigenvalue weighted by Gasteiger charge is -2.42. The molecule has 2 heteroatoms. The zero-order valence-corrected chi connectivity index (χ0v) is 11.4. The van der Waals surface area contributed by atoms with Gasteiger partial charge in [0.2, 0.25) is 0 Å². The van der Waals surface area contributed by atoms with E-state index in [4.69, 9.17) is 9.47 Å². The van der Waals surface area contributed by atoms with Crippen LogP contribution in [0.15, 0.2) is 24.3 Å². The van der Waals surface area contributed by atoms with Crippen molar-refractivity contribution in [3.63, 3.8) is 0 Å². The molecule has 1 aromatic rings. The molecule has 1 saturated carbocycles. The molecule has 1 spiro atoms. The Bertz CT molecular complexity index is 405. The van der Waals surface area contributed by atoms with Crippen molar-refractivity contribution in [3.05, 3.63) is 35.4 Å². The summed E-state index contributed by atoms with van der Waals surface area (Å²) in [5.41, 5.74) is 3.08. The molecule has 2 aliphatic rings. The largest absolute Gasteiger partial charge is 0.348 e. The summed E-state index contributed by atoms with van der Waals surface area (Å²) in [5.74, 6) is -0.246. The molecule has 3 rings (SSSR count). The quantitative estimate of drug-likeness (QED) is 0.754. The molecule has 1 heterocycles. The first kappa shape index (κ1) is 12.2. The van der Waals surface area contributed by atoms with Gasteiger partial charge in [-0.05, 0) is 30.7 Å². The van der Waals surface area contributed by atoms with E-state index in [2.05, 4.69) is 38.1 Å². The van der Waals surface area contributed by atoms with Gasteiger partial charge >= 0.3 is 0 Å². The van der Waals surface area contributed by atoms with Crippen molar-refractivity contribution in [2.24, 2.45) is 0 Å². The van der Waals surface area contributed by atoms with Crippen molar-refractivity contribution in [2.75, 3.05) is 13.2 Å². The van der Waals surface area contributed by atoms with Gasteiger partial charge in [-0.25, -0.2) is 0 Å². The molecule has 0 unspecified atom stereocenters. The monoisotopic (exact) mass is 246 g/mol. The molecular formula is C16H22O2. The summed E-state index contributed by atoms with van der Waals surface area (Å²) in [5, 5.41) is 0. The molecule has 1 saturated heterocycles. The van der Waals surface area contributed by atoms with Crippen LogP contribution in [0.3, 0.4) is 0 Å². The second-order valence-corrected chi connectivity index (χ2v) is 6.03. The first-order valence-corrected chi connectivity index (χ1v) is 6.97. The maximum absolute atomic E-state index is 5.81. The average Bonchev–Trinajstić information content (AvgIpc) is 2.83. The van der Waals surface area contributed by atoms with Crippen molar-refractivity contribution < 1.29 is 9.47 Å². The second-order valence-electron chi connectivity index (χ2n) is 6.03. The summed E-state index contributed by atoms with van der Waals surface area (Å²) in [6, 6.07) is 8.99. The lowest BCUT2D eigenvalue weighted by atomic mass is 9.69. The molecule has 0 N–H and O–H groups in total. The molecule has 2 fully saturated rings. The number of benzene rings is 1. The van der Waals surface area contributed by atoms with E-state index >= 15 is 0 Å². The third-order valence-corrected chi connectivity index (χ3v) is 4.68. The number of aryl methyl sites for hydroxylation is 1. The topological polar surface area (TPSA) is 18.5 Å². The van der Waals surface area contributed by atoms with Gasteiger partial charge in [0, 0.05) is 12.8 Å². The minimum atomic E-state index is -0.246. The van der Waals surface area contributed by atoms with Crippen LogP contribution in [0.4, 0.5) is 0 Å². The first-order valence-electron chi connectivity index (χ1n) is 6.97. The molecule has 98 valence electrons. The molecule has 1 aliphatic heterocycles. The fourth-order valence-corrected chi connectivity index (χ4v) is 3.21. The molecule has 2 nitrogen and oxygen atoms in total. The Hall–Kier alpha value is -0.860. The predicted octanol–water partition coefficient (Wildman–Crippen LogP) is 3.57. The smallest absolute Gasteiger partial charge is 0.168 e. The highest BCUT2D eigenvalue weighted by atomic mass is 16.7. The van der Waals surface area contributed by atoms with Crippen LogP contribution < -0.4 is 0 Å². The summed E-state index contributed by atoms with van der Waals surface area (Å²) >= 11 is 0. The number of rotatable bonds is 1. The Balaban J connectivity index is 1.75. The summed E-state index contributed by atoms with van der Waals surface area (Å²) < 4.78 is 11.6. The SMILES string of the molecule is Cc1ccc(C2(C)CCC3(CC2)OCCO3)cc1. The van der Waals surface area contributed by atoms with Gasteiger partial charge in [0.1, 0.15) is 0 Å². The standard InChI is InChI=1S/C16H22O2/c1-13-3-5-14(6-4-13)15(2)7-9-16(10-8-15)17-11-12-18-16/h3-6H,7-12H2,1-2H3. The summed E-state index contributed by atoms with van der Waals surface area (Å²) in [6.07, 6.45) is 4.35. The van der Waals surface area contributed by atoms with Gasteiger partial charge in [0.05, 0.1) is 13.2 Å². The number of hydrogen-bond donors (Lipinski definition) is 0. The van der Waals surface area contributed by atoms with E-state index in [0.29, 0.717) is 0 Å². The van der Waals surface area contributed by atoms with Crippen LogP contribution in [-0.4, -0.2) is 19.0 Å². The Labute approximate surface area is 109 Å². The summed E-state index contributed by atoms with van der Waals surface area (Å²) in [7, 11) is 0. The Morgan fingerprint density at radius 1 is 0.889 bits per heavy atom. The van der Waals surface area contributed by atoms with Gasteiger partial charge in [0.25, 0.3) is 0 Å². The van der Waals surface area contributed by atoms with Crippen LogP contribution in [-0.2, 0) is 14.9 Å². The van der Waals surface area contributed by atoms with Crippen molar-refractivity contribution >= 4 is 0 Å². The van der Waals surface area contributed by atoms with E-state index in [-0.39, 0.29) is 11.2 Å². The molecule has 18 heavy (non-hydrogen) atoms. The van der Waals surface area contributed by atoms with Crippen molar-refractivity contribution in [3.8, 4) is 0 Å². The van der Waals surface area contributed by atoms with Crippen LogP contribution in [0.1, 0.15) is 43.7 Å². The average molecular weight is 246 g/mol. The van der Waals surface area contributed by atoms with Gasteiger partial charge < -0.3 is 9.47 Å². The summed E-state index contributed by atoms with van der Waals surface area (Å²) in [4.78, 5) is 0. The number of ether oxygens (including phenoxy) is 2. The van der Waals surface area contributed by atoms with E-state index < -0.39 is 0 Å². The lowest BCUT2D eigenvalue weighted by Crippen LogP contribution is -2.40. The maximum Gasteiger partial charge on any atom is 0.168 e. The predicted molar refractivity (Wildman–Crippen MR) is 71.6 cm³/mol. The van der Waals surface area contributed by atoms with Crippen LogP contribution in [0.2, 0.25) is 0 Å². The van der Waals surface area contributed by atoms with Crippen molar-refractivity contribution in [1.29, 1.82) is 0 Å². The summed E-state index contributed by atoms with van der Waals surface area (Å²) in [6.45, 7) is 6.05. The molecular weight excluding hydrogens is 224 g/mol. The zero-order chi connectivity index (χ0) is 12.6. The van der Waals surface area contributed by atoms with E-state index in [1.807, 2.05) is 0 Å². The molecule has 0 aromatic heterocycles. The van der Waals surface area contributed by atoms with E-state index in [1.165, 1.54) is 11.1 Å². The van der Waals surface area contributed by atoms with Gasteiger partial charge in [-0.3, -0.25) is 0 Å². The molecule has 0 atom stereocenters. The van der Waals surface area contributed by atoms with Gasteiger partial charge in [-0.15, -0.1) is 0 Å². The molecule has 0 radical (unpaired) electrons. The molecule has 0 bridgehead atoms. The van der Waals surface area contributed by atoms with Crippen molar-refractivity contribution in [2.45, 2.75) is 50.7 Å². The van der Waals surface area contributed by atoms with E-state index in [0.717, 1.165) is 38.9 Å². The highest BCUT2D eigenvalue weighted by Gasteiger charge is 2.44. The Kier molecular flexibility index (Phi) is 2.95. The normalized spacial score (nSPS) is 25.4. The molecule has 1 aromatic carbocycles. The highest BCUT2D eigenvalue weighted by molar-refractivity contribution is 5.28. The van der Waals surface area contributed by atoms with Gasteiger partial charge in [-0.2, -0.15) is 0 Å². The Morgan fingerprint density at radius 3 is 2.00 bits per heavy atom. The molecule has 1 aliphatic carbocycles. The third-order valence-electron chi connectivity index (χ3n) is 4.68. The molecule has 0 amide bonds. The van der Waals surface area contributed by atoms with Crippen LogP contribution in [0, 0.1) is 6.92 Å². The number of hydrogen-bond acceptors (Lipinski definition) is 2. The maximum atomic E-state index is 5.81. The van der Waals surface area contributed by atoms with Crippen LogP contribution >= 0.6 is 0 Å². The minimum Gasteiger partial charge on any atom is -0.348 e. The van der Waals surface area contributed by atoms with Crippen LogP contribution in [0.25, 0.3) is 0 Å². The first-order chi connectivity index (χ1) is 8.62. The fraction of sp³-hybridized carbons (Fsp3) is 0.625. The van der Waals surface area contributed by atoms with Gasteiger partial charge in [0.15, 0.2) is 5.79 Å². The highest BCUT2D eigenvalue weighted by Crippen LogP contribution is 2.46. The lowest BCUT2D eigenvalue weighted by molar-refractivity contribution is -0.184. The second kappa shape index (κ2) is 4.36. The fourth-order valence-electron chi connectivity index (χ4n) is 3.21. The zero-order valence-electron chi connectivity index (χ0n) is 11.4. The van der Waals surface area contributed by atoms with Gasteiger partial charge in [-0.1, -0.05) is 36.8 Å². The van der Waals surface area contributed by atoms with E-state index in [9.17, 15) is 0 Å². The van der Waals surface area contributed by atoms with E-state index in [1.54, 1.807) is 0 Å².